The fraction of sp³-hybridized carbons (Fsp3) is 0.400. The normalized spacial score (nSPS) is 14.4. The average molecular weight is 544 g/mol. The Morgan fingerprint density at radius 1 is 0.974 bits per heavy atom. The largest absolute Gasteiger partial charge is 0.480 e. The van der Waals surface area contributed by atoms with Gasteiger partial charge in [-0.25, -0.2) is 9.78 Å². The van der Waals surface area contributed by atoms with Gasteiger partial charge in [0, 0.05) is 47.6 Å². The third-order valence-corrected chi connectivity index (χ3v) is 6.53. The number of aliphatic carboxylic acids is 1. The van der Waals surface area contributed by atoms with Crippen LogP contribution in [0.1, 0.15) is 25.1 Å². The highest BCUT2D eigenvalue weighted by atomic mass is 32.1. The minimum atomic E-state index is -1.26. The fourth-order valence-electron chi connectivity index (χ4n) is 3.86. The van der Waals surface area contributed by atoms with Gasteiger partial charge in [-0.3, -0.25) is 14.4 Å². The van der Waals surface area contributed by atoms with E-state index in [1.165, 1.54) is 12.5 Å². The Hall–Kier alpha value is -3.84. The molecule has 4 atom stereocenters. The van der Waals surface area contributed by atoms with Crippen LogP contribution in [0.25, 0.3) is 10.9 Å². The van der Waals surface area contributed by atoms with E-state index in [2.05, 4.69) is 43.5 Å². The first-order chi connectivity index (χ1) is 18.1. The Labute approximate surface area is 225 Å². The van der Waals surface area contributed by atoms with E-state index in [0.717, 1.165) is 16.5 Å². The predicted octanol–water partition coefficient (Wildman–Crippen LogP) is 0.128. The maximum atomic E-state index is 13.6. The summed E-state index contributed by atoms with van der Waals surface area (Å²) in [5, 5.41) is 18.0. The number of amides is 3. The first-order valence-electron chi connectivity index (χ1n) is 12.1. The second kappa shape index (κ2) is 13.1. The van der Waals surface area contributed by atoms with E-state index in [-0.39, 0.29) is 24.5 Å². The molecule has 204 valence electrons. The summed E-state index contributed by atoms with van der Waals surface area (Å²) >= 11 is 3.98. The monoisotopic (exact) mass is 543 g/mol. The van der Waals surface area contributed by atoms with Crippen molar-refractivity contribution in [3.05, 3.63) is 54.2 Å². The van der Waals surface area contributed by atoms with Gasteiger partial charge in [-0.1, -0.05) is 32.0 Å². The number of carbonyl (C=O) groups excluding carboxylic acids is 3. The number of nitrogens with zero attached hydrogens (tertiary/aromatic N) is 1. The summed E-state index contributed by atoms with van der Waals surface area (Å²) in [4.78, 5) is 60.8. The Bertz CT molecular complexity index is 1260. The second-order valence-electron chi connectivity index (χ2n) is 9.32. The van der Waals surface area contributed by atoms with E-state index in [0.29, 0.717) is 5.69 Å². The number of para-hydroxylation sites is 1. The maximum absolute atomic E-state index is 13.6. The van der Waals surface area contributed by atoms with Crippen LogP contribution in [0.2, 0.25) is 0 Å². The van der Waals surface area contributed by atoms with Gasteiger partial charge in [0.05, 0.1) is 12.4 Å². The van der Waals surface area contributed by atoms with Crippen molar-refractivity contribution < 1.29 is 24.3 Å². The van der Waals surface area contributed by atoms with Crippen molar-refractivity contribution in [2.75, 3.05) is 5.75 Å². The molecule has 0 bridgehead atoms. The molecule has 12 nitrogen and oxygen atoms in total. The van der Waals surface area contributed by atoms with Crippen LogP contribution in [0.3, 0.4) is 0 Å². The van der Waals surface area contributed by atoms with Crippen LogP contribution >= 0.6 is 12.6 Å². The summed E-state index contributed by atoms with van der Waals surface area (Å²) < 4.78 is 0. The molecular weight excluding hydrogens is 510 g/mol. The third-order valence-electron chi connectivity index (χ3n) is 6.16. The second-order valence-corrected chi connectivity index (χ2v) is 9.68. The lowest BCUT2D eigenvalue weighted by Gasteiger charge is -2.25. The lowest BCUT2D eigenvalue weighted by atomic mass is 10.0. The molecule has 0 saturated heterocycles. The molecule has 0 aliphatic rings. The Kier molecular flexibility index (Phi) is 9.91. The van der Waals surface area contributed by atoms with Crippen LogP contribution in [0, 0.1) is 5.92 Å². The number of benzene rings is 1. The number of H-pyrrole nitrogens is 2. The number of aromatic nitrogens is 3. The van der Waals surface area contributed by atoms with Crippen molar-refractivity contribution in [3.8, 4) is 0 Å². The average Bonchev–Trinajstić information content (AvgIpc) is 3.55. The topological polar surface area (TPSA) is 195 Å². The fourth-order valence-corrected chi connectivity index (χ4v) is 4.10. The third kappa shape index (κ3) is 7.35. The zero-order valence-corrected chi connectivity index (χ0v) is 22.0. The summed E-state index contributed by atoms with van der Waals surface area (Å²) in [6.07, 6.45) is 4.81. The number of thiol groups is 1. The number of carboxylic acids is 1. The zero-order chi connectivity index (χ0) is 27.8. The Morgan fingerprint density at radius 2 is 1.61 bits per heavy atom. The molecule has 0 saturated carbocycles. The van der Waals surface area contributed by atoms with E-state index in [1.807, 2.05) is 24.3 Å². The minimum Gasteiger partial charge on any atom is -0.480 e. The van der Waals surface area contributed by atoms with Crippen LogP contribution in [-0.4, -0.2) is 73.7 Å². The van der Waals surface area contributed by atoms with Crippen molar-refractivity contribution in [1.82, 2.24) is 30.9 Å². The molecule has 0 radical (unpaired) electrons. The minimum absolute atomic E-state index is 0.00967. The van der Waals surface area contributed by atoms with Gasteiger partial charge >= 0.3 is 5.97 Å². The van der Waals surface area contributed by atoms with E-state index < -0.39 is 47.9 Å². The summed E-state index contributed by atoms with van der Waals surface area (Å²) in [6.45, 7) is 3.59. The number of imidazole rings is 1. The van der Waals surface area contributed by atoms with Gasteiger partial charge in [0.15, 0.2) is 0 Å². The number of nitrogens with one attached hydrogen (secondary N) is 5. The number of carbonyl (C=O) groups is 4. The van der Waals surface area contributed by atoms with Gasteiger partial charge in [-0.05, 0) is 17.5 Å². The first-order valence-corrected chi connectivity index (χ1v) is 12.8. The van der Waals surface area contributed by atoms with Crippen molar-refractivity contribution in [1.29, 1.82) is 0 Å². The predicted molar refractivity (Wildman–Crippen MR) is 144 cm³/mol. The molecule has 3 rings (SSSR count). The molecule has 2 aromatic heterocycles. The number of nitrogens with two attached hydrogens (primary N) is 1. The van der Waals surface area contributed by atoms with Crippen LogP contribution in [0.4, 0.5) is 0 Å². The van der Waals surface area contributed by atoms with Gasteiger partial charge in [-0.15, -0.1) is 0 Å². The summed E-state index contributed by atoms with van der Waals surface area (Å²) in [7, 11) is 0. The molecule has 0 fully saturated rings. The standard InChI is InChI=1S/C25H33N7O5S/c1-13(2)21(26)24(35)31-18(7-14-9-28-17-6-4-3-5-16(14)17)22(33)30-19(8-15-10-27-12-29-15)23(34)32-20(11-38)25(36)37/h3-6,9-10,12-13,18-21,28,38H,7-8,11,26H2,1-2H3,(H,27,29)(H,30,33)(H,31,35)(H,32,34)(H,36,37). The number of rotatable bonds is 13. The van der Waals surface area contributed by atoms with Crippen molar-refractivity contribution in [3.63, 3.8) is 0 Å². The molecule has 3 amide bonds. The van der Waals surface area contributed by atoms with Gasteiger partial charge in [0.25, 0.3) is 0 Å². The summed E-state index contributed by atoms with van der Waals surface area (Å²) in [5.74, 6) is -3.41. The highest BCUT2D eigenvalue weighted by Gasteiger charge is 2.31. The molecule has 4 unspecified atom stereocenters. The Balaban J connectivity index is 1.87. The highest BCUT2D eigenvalue weighted by Crippen LogP contribution is 2.19. The number of carboxylic acid groups (broad SMARTS) is 1. The maximum Gasteiger partial charge on any atom is 0.327 e. The smallest absolute Gasteiger partial charge is 0.327 e. The Morgan fingerprint density at radius 3 is 2.21 bits per heavy atom. The molecule has 0 aliphatic heterocycles. The quantitative estimate of drug-likeness (QED) is 0.140. The van der Waals surface area contributed by atoms with E-state index >= 15 is 0 Å². The molecule has 38 heavy (non-hydrogen) atoms. The van der Waals surface area contributed by atoms with Crippen LogP contribution in [-0.2, 0) is 32.0 Å². The van der Waals surface area contributed by atoms with Crippen LogP contribution < -0.4 is 21.7 Å². The van der Waals surface area contributed by atoms with Gasteiger partial charge in [-0.2, -0.15) is 12.6 Å². The van der Waals surface area contributed by atoms with E-state index in [4.69, 9.17) is 5.73 Å². The van der Waals surface area contributed by atoms with Crippen molar-refractivity contribution in [2.24, 2.45) is 11.7 Å². The molecule has 3 aromatic rings. The number of aromatic amines is 2. The molecule has 1 aromatic carbocycles. The lowest BCUT2D eigenvalue weighted by Crippen LogP contribution is -2.58. The molecule has 13 heteroatoms. The van der Waals surface area contributed by atoms with Gasteiger partial charge in [0.2, 0.25) is 17.7 Å². The highest BCUT2D eigenvalue weighted by molar-refractivity contribution is 7.80. The van der Waals surface area contributed by atoms with Crippen molar-refractivity contribution >= 4 is 47.2 Å². The number of fused-ring (bicyclic) bond motifs is 1. The number of hydrogen-bond donors (Lipinski definition) is 8. The molecule has 8 N–H and O–H groups in total. The van der Waals surface area contributed by atoms with E-state index in [9.17, 15) is 24.3 Å². The van der Waals surface area contributed by atoms with Crippen LogP contribution in [0.15, 0.2) is 43.0 Å². The summed E-state index contributed by atoms with van der Waals surface area (Å²) in [6, 6.07) is 3.22. The first kappa shape index (κ1) is 28.7. The molecule has 0 spiro atoms. The zero-order valence-electron chi connectivity index (χ0n) is 21.1. The summed E-state index contributed by atoms with van der Waals surface area (Å²) in [5.41, 5.74) is 8.22. The van der Waals surface area contributed by atoms with Gasteiger partial charge in [0.1, 0.15) is 18.1 Å². The SMILES string of the molecule is CC(C)C(N)C(=O)NC(Cc1c[nH]c2ccccc12)C(=O)NC(Cc1cnc[nH]1)C(=O)NC(CS)C(=O)O. The van der Waals surface area contributed by atoms with Crippen LogP contribution in [0.5, 0.6) is 0 Å². The lowest BCUT2D eigenvalue weighted by molar-refractivity contribution is -0.141. The van der Waals surface area contributed by atoms with Gasteiger partial charge < -0.3 is 36.8 Å². The molecule has 0 aliphatic carbocycles. The van der Waals surface area contributed by atoms with E-state index in [1.54, 1.807) is 20.0 Å². The number of hydrogen-bond acceptors (Lipinski definition) is 7. The van der Waals surface area contributed by atoms with Crippen molar-refractivity contribution in [2.45, 2.75) is 50.9 Å². The molecule has 2 heterocycles. The molecular formula is C25H33N7O5S.